The Bertz CT molecular complexity index is 556. The van der Waals surface area contributed by atoms with Gasteiger partial charge in [0.1, 0.15) is 4.90 Å². The molecule has 0 bridgehead atoms. The van der Waals surface area contributed by atoms with Gasteiger partial charge < -0.3 is 5.32 Å². The van der Waals surface area contributed by atoms with Gasteiger partial charge in [-0.05, 0) is 47.3 Å². The van der Waals surface area contributed by atoms with Gasteiger partial charge in [-0.3, -0.25) is 0 Å². The van der Waals surface area contributed by atoms with Crippen molar-refractivity contribution in [2.45, 2.75) is 24.8 Å². The lowest BCUT2D eigenvalue weighted by atomic mass is 10.3. The van der Waals surface area contributed by atoms with E-state index in [4.69, 9.17) is 0 Å². The summed E-state index contributed by atoms with van der Waals surface area (Å²) in [6, 6.07) is 1.76. The molecule has 2 unspecified atom stereocenters. The fourth-order valence-corrected chi connectivity index (χ4v) is 5.95. The summed E-state index contributed by atoms with van der Waals surface area (Å²) in [6.45, 7) is 3.46. The van der Waals surface area contributed by atoms with Crippen LogP contribution in [0.25, 0.3) is 0 Å². The van der Waals surface area contributed by atoms with Gasteiger partial charge in [-0.2, -0.15) is 0 Å². The summed E-state index contributed by atoms with van der Waals surface area (Å²) in [7, 11) is 0.142. The third-order valence-electron chi connectivity index (χ3n) is 3.51. The molecule has 108 valence electrons. The van der Waals surface area contributed by atoms with Crippen molar-refractivity contribution in [2.24, 2.45) is 11.8 Å². The van der Waals surface area contributed by atoms with Crippen LogP contribution in [0.5, 0.6) is 0 Å². The van der Waals surface area contributed by atoms with Gasteiger partial charge in [0.2, 0.25) is 10.0 Å². The van der Waals surface area contributed by atoms with E-state index in [9.17, 15) is 8.42 Å². The molecule has 4 nitrogen and oxygen atoms in total. The highest BCUT2D eigenvalue weighted by atomic mass is 79.9. The highest BCUT2D eigenvalue weighted by Gasteiger charge is 2.36. The number of hydrogen-bond acceptors (Lipinski definition) is 4. The van der Waals surface area contributed by atoms with Gasteiger partial charge in [-0.25, -0.2) is 12.7 Å². The number of hydrogen-bond donors (Lipinski definition) is 1. The molecule has 0 spiro atoms. The molecule has 1 aromatic rings. The molecular weight excluding hydrogens is 348 g/mol. The van der Waals surface area contributed by atoms with E-state index in [1.54, 1.807) is 13.1 Å². The zero-order valence-electron chi connectivity index (χ0n) is 11.3. The fraction of sp³-hybridized carbons (Fsp3) is 0.667. The molecule has 1 aliphatic rings. The number of halogens is 1. The largest absolute Gasteiger partial charge is 0.315 e. The highest BCUT2D eigenvalue weighted by Crippen LogP contribution is 2.40. The average Bonchev–Trinajstić information content (AvgIpc) is 2.86. The maximum atomic E-state index is 12.5. The Balaban J connectivity index is 2.18. The molecule has 1 aromatic heterocycles. The molecule has 0 saturated heterocycles. The molecule has 0 aliphatic heterocycles. The van der Waals surface area contributed by atoms with Crippen molar-refractivity contribution in [2.75, 3.05) is 20.6 Å². The van der Waals surface area contributed by atoms with Crippen molar-refractivity contribution in [3.63, 3.8) is 0 Å². The minimum Gasteiger partial charge on any atom is -0.315 e. The van der Waals surface area contributed by atoms with Crippen LogP contribution in [0.15, 0.2) is 14.7 Å². The van der Waals surface area contributed by atoms with Crippen LogP contribution < -0.4 is 5.32 Å². The molecule has 0 aromatic carbocycles. The molecule has 2 atom stereocenters. The van der Waals surface area contributed by atoms with Crippen LogP contribution in [-0.2, 0) is 16.6 Å². The number of thiophene rings is 1. The number of rotatable bonds is 6. The summed E-state index contributed by atoms with van der Waals surface area (Å²) < 4.78 is 27.2. The molecule has 19 heavy (non-hydrogen) atoms. The third kappa shape index (κ3) is 3.39. The molecule has 0 amide bonds. The van der Waals surface area contributed by atoms with E-state index in [0.29, 0.717) is 33.6 Å². The van der Waals surface area contributed by atoms with Gasteiger partial charge in [-0.15, -0.1) is 11.3 Å². The third-order valence-corrected chi connectivity index (χ3v) is 7.59. The number of nitrogens with zero attached hydrogens (tertiary/aromatic N) is 1. The van der Waals surface area contributed by atoms with E-state index in [-0.39, 0.29) is 0 Å². The van der Waals surface area contributed by atoms with E-state index >= 15 is 0 Å². The monoisotopic (exact) mass is 366 g/mol. The summed E-state index contributed by atoms with van der Waals surface area (Å²) in [5, 5.41) is 3.03. The number of nitrogens with one attached hydrogen (secondary N) is 1. The second kappa shape index (κ2) is 5.81. The summed E-state index contributed by atoms with van der Waals surface area (Å²) in [6.07, 6.45) is 1.13. The average molecular weight is 367 g/mol. The van der Waals surface area contributed by atoms with Gasteiger partial charge in [0.15, 0.2) is 0 Å². The van der Waals surface area contributed by atoms with Crippen LogP contribution in [0.1, 0.15) is 18.2 Å². The zero-order chi connectivity index (χ0) is 14.2. The summed E-state index contributed by atoms with van der Waals surface area (Å²) >= 11 is 4.84. The Labute approximate surface area is 127 Å². The van der Waals surface area contributed by atoms with Gasteiger partial charge in [0.25, 0.3) is 0 Å². The molecule has 1 heterocycles. The maximum Gasteiger partial charge on any atom is 0.244 e. The van der Waals surface area contributed by atoms with E-state index in [1.807, 2.05) is 7.05 Å². The summed E-state index contributed by atoms with van der Waals surface area (Å²) in [4.78, 5) is 1.40. The Morgan fingerprint density at radius 1 is 1.58 bits per heavy atom. The fourth-order valence-electron chi connectivity index (χ4n) is 2.08. The van der Waals surface area contributed by atoms with Crippen molar-refractivity contribution in [3.05, 3.63) is 14.7 Å². The lowest BCUT2D eigenvalue weighted by Crippen LogP contribution is -2.29. The maximum absolute atomic E-state index is 12.5. The Hall–Kier alpha value is 0.0500. The molecule has 1 aliphatic carbocycles. The minimum atomic E-state index is -3.38. The van der Waals surface area contributed by atoms with E-state index < -0.39 is 10.0 Å². The van der Waals surface area contributed by atoms with Crippen molar-refractivity contribution < 1.29 is 8.42 Å². The minimum absolute atomic E-state index is 0.388. The molecule has 1 fully saturated rings. The van der Waals surface area contributed by atoms with Crippen LogP contribution in [0, 0.1) is 11.8 Å². The zero-order valence-corrected chi connectivity index (χ0v) is 14.5. The standard InChI is InChI=1S/C12H19BrN2O2S2/c1-8-4-9(8)7-15(3)19(16,17)11-5-10(6-14-2)18-12(11)13/h5,8-9,14H,4,6-7H2,1-3H3. The quantitative estimate of drug-likeness (QED) is 0.841. The Morgan fingerprint density at radius 2 is 2.21 bits per heavy atom. The first-order chi connectivity index (χ1) is 8.86. The molecule has 1 N–H and O–H groups in total. The topological polar surface area (TPSA) is 49.4 Å². The lowest BCUT2D eigenvalue weighted by molar-refractivity contribution is 0.444. The molecule has 0 radical (unpaired) electrons. The van der Waals surface area contributed by atoms with Crippen molar-refractivity contribution >= 4 is 37.3 Å². The molecule has 1 saturated carbocycles. The van der Waals surface area contributed by atoms with Crippen LogP contribution in [-0.4, -0.2) is 33.4 Å². The van der Waals surface area contributed by atoms with Gasteiger partial charge in [0, 0.05) is 25.0 Å². The van der Waals surface area contributed by atoms with Crippen LogP contribution in [0.3, 0.4) is 0 Å². The van der Waals surface area contributed by atoms with Crippen molar-refractivity contribution in [3.8, 4) is 0 Å². The summed E-state index contributed by atoms with van der Waals surface area (Å²) in [5.41, 5.74) is 0. The smallest absolute Gasteiger partial charge is 0.244 e. The first-order valence-electron chi connectivity index (χ1n) is 6.25. The van der Waals surface area contributed by atoms with E-state index in [0.717, 1.165) is 11.3 Å². The number of sulfonamides is 1. The second-order valence-corrected chi connectivity index (χ2v) is 9.61. The predicted molar refractivity (Wildman–Crippen MR) is 81.9 cm³/mol. The van der Waals surface area contributed by atoms with E-state index in [1.165, 1.54) is 15.6 Å². The molecule has 2 rings (SSSR count). The van der Waals surface area contributed by atoms with Crippen LogP contribution in [0.4, 0.5) is 0 Å². The SMILES string of the molecule is CNCc1cc(S(=O)(=O)N(C)CC2CC2C)c(Br)s1. The normalized spacial score (nSPS) is 23.0. The first-order valence-corrected chi connectivity index (χ1v) is 9.30. The highest BCUT2D eigenvalue weighted by molar-refractivity contribution is 9.11. The second-order valence-electron chi connectivity index (χ2n) is 5.14. The Kier molecular flexibility index (Phi) is 4.72. The van der Waals surface area contributed by atoms with Crippen molar-refractivity contribution in [1.29, 1.82) is 0 Å². The first kappa shape index (κ1) is 15.4. The van der Waals surface area contributed by atoms with Crippen LogP contribution >= 0.6 is 27.3 Å². The van der Waals surface area contributed by atoms with E-state index in [2.05, 4.69) is 28.2 Å². The summed E-state index contributed by atoms with van der Waals surface area (Å²) in [5.74, 6) is 1.18. The van der Waals surface area contributed by atoms with Gasteiger partial charge in [0.05, 0.1) is 3.79 Å². The predicted octanol–water partition coefficient (Wildman–Crippen LogP) is 2.51. The molecular formula is C12H19BrN2O2S2. The van der Waals surface area contributed by atoms with Crippen LogP contribution in [0.2, 0.25) is 0 Å². The van der Waals surface area contributed by atoms with Gasteiger partial charge >= 0.3 is 0 Å². The van der Waals surface area contributed by atoms with Crippen molar-refractivity contribution in [1.82, 2.24) is 9.62 Å². The lowest BCUT2D eigenvalue weighted by Gasteiger charge is -2.16. The molecule has 7 heteroatoms. The van der Waals surface area contributed by atoms with Gasteiger partial charge in [-0.1, -0.05) is 6.92 Å². The Morgan fingerprint density at radius 3 is 2.74 bits per heavy atom.